The molecule has 2 aromatic heterocycles. The molecule has 2 N–H and O–H groups in total. The molecule has 0 radical (unpaired) electrons. The van der Waals surface area contributed by atoms with Gasteiger partial charge in [-0.3, -0.25) is 0 Å². The molecule has 1 aromatic carbocycles. The summed E-state index contributed by atoms with van der Waals surface area (Å²) in [6.45, 7) is 0.653. The minimum Gasteiger partial charge on any atom is -0.504 e. The number of benzene rings is 1. The third-order valence-electron chi connectivity index (χ3n) is 3.90. The van der Waals surface area contributed by atoms with Gasteiger partial charge in [0.05, 0.1) is 24.4 Å². The van der Waals surface area contributed by atoms with Crippen LogP contribution in [0.1, 0.15) is 11.3 Å². The van der Waals surface area contributed by atoms with Gasteiger partial charge in [0, 0.05) is 26.0 Å². The summed E-state index contributed by atoms with van der Waals surface area (Å²) in [5, 5.41) is 13.3. The van der Waals surface area contributed by atoms with E-state index >= 15 is 0 Å². The zero-order valence-electron chi connectivity index (χ0n) is 14.4. The number of aromatic hydroxyl groups is 1. The Bertz CT molecular complexity index is 941. The van der Waals surface area contributed by atoms with E-state index in [9.17, 15) is 9.90 Å². The molecule has 0 spiro atoms. The van der Waals surface area contributed by atoms with Crippen molar-refractivity contribution in [1.82, 2.24) is 19.6 Å². The maximum absolute atomic E-state index is 12.3. The number of urea groups is 1. The number of carbonyl (C=O) groups is 1. The molecular weight excluding hydrogens is 356 g/mol. The van der Waals surface area contributed by atoms with Crippen molar-refractivity contribution in [3.05, 3.63) is 59.0 Å². The van der Waals surface area contributed by atoms with Crippen molar-refractivity contribution in [2.75, 3.05) is 14.2 Å². The highest BCUT2D eigenvalue weighted by atomic mass is 35.5. The van der Waals surface area contributed by atoms with E-state index in [1.165, 1.54) is 12.0 Å². The molecule has 8 heteroatoms. The van der Waals surface area contributed by atoms with Crippen molar-refractivity contribution >= 4 is 23.3 Å². The summed E-state index contributed by atoms with van der Waals surface area (Å²) in [5.41, 5.74) is 2.29. The zero-order valence-corrected chi connectivity index (χ0v) is 15.2. The number of hydrogen-bond donors (Lipinski definition) is 2. The smallest absolute Gasteiger partial charge is 0.317 e. The lowest BCUT2D eigenvalue weighted by Gasteiger charge is -2.18. The second kappa shape index (κ2) is 7.53. The van der Waals surface area contributed by atoms with Gasteiger partial charge in [0.2, 0.25) is 0 Å². The van der Waals surface area contributed by atoms with E-state index in [0.717, 1.165) is 16.9 Å². The zero-order chi connectivity index (χ0) is 18.7. The van der Waals surface area contributed by atoms with Crippen molar-refractivity contribution < 1.29 is 14.6 Å². The van der Waals surface area contributed by atoms with Crippen LogP contribution in [0.4, 0.5) is 4.79 Å². The molecule has 3 rings (SSSR count). The van der Waals surface area contributed by atoms with Crippen LogP contribution in [0.3, 0.4) is 0 Å². The number of aromatic nitrogens is 2. The topological polar surface area (TPSA) is 79.1 Å². The number of carbonyl (C=O) groups excluding carboxylic acids is 1. The number of fused-ring (bicyclic) bond motifs is 1. The minimum atomic E-state index is -0.240. The molecule has 26 heavy (non-hydrogen) atoms. The molecule has 7 nitrogen and oxygen atoms in total. The maximum atomic E-state index is 12.3. The van der Waals surface area contributed by atoms with Gasteiger partial charge in [-0.1, -0.05) is 17.7 Å². The second-order valence-electron chi connectivity index (χ2n) is 5.87. The third kappa shape index (κ3) is 4.00. The lowest BCUT2D eigenvalue weighted by molar-refractivity contribution is 0.206. The van der Waals surface area contributed by atoms with E-state index in [4.69, 9.17) is 16.3 Å². The molecule has 0 fully saturated rings. The van der Waals surface area contributed by atoms with Crippen molar-refractivity contribution in [3.63, 3.8) is 0 Å². The normalized spacial score (nSPS) is 10.7. The number of phenols is 1. The summed E-state index contributed by atoms with van der Waals surface area (Å²) in [5.74, 6) is 0.440. The summed E-state index contributed by atoms with van der Waals surface area (Å²) in [7, 11) is 3.17. The third-order valence-corrected chi connectivity index (χ3v) is 4.12. The standard InChI is InChI=1S/C18H19ClN4O3/c1-22(9-12-3-5-16(26-2)15(24)7-12)18(25)20-8-14-11-23-10-13(19)4-6-17(23)21-14/h3-7,10-11,24H,8-9H2,1-2H3,(H,20,25). The van der Waals surface area contributed by atoms with E-state index < -0.39 is 0 Å². The molecule has 0 saturated heterocycles. The van der Waals surface area contributed by atoms with Crippen LogP contribution in [0, 0.1) is 0 Å². The molecule has 136 valence electrons. The Balaban J connectivity index is 1.59. The first-order chi connectivity index (χ1) is 12.5. The fourth-order valence-electron chi connectivity index (χ4n) is 2.58. The molecular formula is C18H19ClN4O3. The van der Waals surface area contributed by atoms with E-state index in [0.29, 0.717) is 23.9 Å². The fraction of sp³-hybridized carbons (Fsp3) is 0.222. The number of nitrogens with one attached hydrogen (secondary N) is 1. The second-order valence-corrected chi connectivity index (χ2v) is 6.30. The first-order valence-electron chi connectivity index (χ1n) is 7.94. The summed E-state index contributed by atoms with van der Waals surface area (Å²) in [4.78, 5) is 18.2. The van der Waals surface area contributed by atoms with Crippen molar-refractivity contribution in [3.8, 4) is 11.5 Å². The Morgan fingerprint density at radius 1 is 1.35 bits per heavy atom. The Kier molecular flexibility index (Phi) is 5.18. The van der Waals surface area contributed by atoms with E-state index in [1.54, 1.807) is 37.5 Å². The van der Waals surface area contributed by atoms with E-state index in [-0.39, 0.29) is 11.8 Å². The maximum Gasteiger partial charge on any atom is 0.317 e. The number of imidazole rings is 1. The van der Waals surface area contributed by atoms with Crippen molar-refractivity contribution in [1.29, 1.82) is 0 Å². The molecule has 0 saturated carbocycles. The minimum absolute atomic E-state index is 0.0437. The van der Waals surface area contributed by atoms with Crippen molar-refractivity contribution in [2.45, 2.75) is 13.1 Å². The monoisotopic (exact) mass is 374 g/mol. The van der Waals surface area contributed by atoms with Gasteiger partial charge in [-0.05, 0) is 29.8 Å². The lowest BCUT2D eigenvalue weighted by atomic mass is 10.2. The van der Waals surface area contributed by atoms with Crippen LogP contribution in [0.2, 0.25) is 5.02 Å². The van der Waals surface area contributed by atoms with E-state index in [2.05, 4.69) is 10.3 Å². The highest BCUT2D eigenvalue weighted by Crippen LogP contribution is 2.26. The van der Waals surface area contributed by atoms with Crippen LogP contribution in [0.15, 0.2) is 42.7 Å². The molecule has 0 unspecified atom stereocenters. The number of phenolic OH excluding ortho intramolecular Hbond substituents is 1. The molecule has 2 amide bonds. The highest BCUT2D eigenvalue weighted by molar-refractivity contribution is 6.30. The largest absolute Gasteiger partial charge is 0.504 e. The van der Waals surface area contributed by atoms with Gasteiger partial charge < -0.3 is 24.5 Å². The van der Waals surface area contributed by atoms with Gasteiger partial charge >= 0.3 is 6.03 Å². The molecule has 0 aliphatic rings. The van der Waals surface area contributed by atoms with Crippen LogP contribution in [0.5, 0.6) is 11.5 Å². The van der Waals surface area contributed by atoms with Crippen LogP contribution in [0.25, 0.3) is 5.65 Å². The molecule has 0 aliphatic heterocycles. The first-order valence-corrected chi connectivity index (χ1v) is 8.32. The molecule has 0 aliphatic carbocycles. The average Bonchev–Trinajstić information content (AvgIpc) is 3.01. The molecule has 0 bridgehead atoms. The number of rotatable bonds is 5. The number of methoxy groups -OCH3 is 1. The summed E-state index contributed by atoms with van der Waals surface area (Å²) < 4.78 is 6.83. The Morgan fingerprint density at radius 2 is 2.15 bits per heavy atom. The number of ether oxygens (including phenoxy) is 1. The van der Waals surface area contributed by atoms with Crippen LogP contribution >= 0.6 is 11.6 Å². The lowest BCUT2D eigenvalue weighted by Crippen LogP contribution is -2.36. The highest BCUT2D eigenvalue weighted by Gasteiger charge is 2.11. The number of halogens is 1. The number of hydrogen-bond acceptors (Lipinski definition) is 4. The average molecular weight is 375 g/mol. The summed E-state index contributed by atoms with van der Waals surface area (Å²) in [6, 6.07) is 8.39. The van der Waals surface area contributed by atoms with Gasteiger partial charge in [-0.15, -0.1) is 0 Å². The summed E-state index contributed by atoms with van der Waals surface area (Å²) >= 11 is 5.95. The van der Waals surface area contributed by atoms with E-state index in [1.807, 2.05) is 16.7 Å². The van der Waals surface area contributed by atoms with Gasteiger partial charge in [-0.2, -0.15) is 0 Å². The van der Waals surface area contributed by atoms with Gasteiger partial charge in [-0.25, -0.2) is 9.78 Å². The number of pyridine rings is 1. The van der Waals surface area contributed by atoms with Gasteiger partial charge in [0.15, 0.2) is 11.5 Å². The van der Waals surface area contributed by atoms with Crippen molar-refractivity contribution in [2.24, 2.45) is 0 Å². The van der Waals surface area contributed by atoms with Crippen LogP contribution in [-0.4, -0.2) is 39.6 Å². The van der Waals surface area contributed by atoms with Crippen LogP contribution in [-0.2, 0) is 13.1 Å². The predicted molar refractivity (Wildman–Crippen MR) is 98.6 cm³/mol. The first kappa shape index (κ1) is 17.9. The molecule has 2 heterocycles. The number of nitrogens with zero attached hydrogens (tertiary/aromatic N) is 3. The quantitative estimate of drug-likeness (QED) is 0.719. The Hall–Kier alpha value is -2.93. The van der Waals surface area contributed by atoms with Crippen LogP contribution < -0.4 is 10.1 Å². The Labute approximate surface area is 155 Å². The number of amides is 2. The summed E-state index contributed by atoms with van der Waals surface area (Å²) in [6.07, 6.45) is 3.58. The predicted octanol–water partition coefficient (Wildman–Crippen LogP) is 3.04. The fourth-order valence-corrected chi connectivity index (χ4v) is 2.75. The Morgan fingerprint density at radius 3 is 2.88 bits per heavy atom. The molecule has 3 aromatic rings. The van der Waals surface area contributed by atoms with Gasteiger partial charge in [0.25, 0.3) is 0 Å². The van der Waals surface area contributed by atoms with Gasteiger partial charge in [0.1, 0.15) is 5.65 Å². The molecule has 0 atom stereocenters. The SMILES string of the molecule is COc1ccc(CN(C)C(=O)NCc2cn3cc(Cl)ccc3n2)cc1O.